The summed E-state index contributed by atoms with van der Waals surface area (Å²) in [6.07, 6.45) is 1.99. The minimum Gasteiger partial charge on any atom is -0.356 e. The van der Waals surface area contributed by atoms with Gasteiger partial charge >= 0.3 is 0 Å². The van der Waals surface area contributed by atoms with Gasteiger partial charge in [-0.3, -0.25) is 9.79 Å². The van der Waals surface area contributed by atoms with Crippen molar-refractivity contribution in [3.63, 3.8) is 0 Å². The van der Waals surface area contributed by atoms with Crippen molar-refractivity contribution in [1.82, 2.24) is 15.6 Å². The van der Waals surface area contributed by atoms with Crippen molar-refractivity contribution in [2.24, 2.45) is 4.99 Å². The molecule has 3 N–H and O–H groups in total. The summed E-state index contributed by atoms with van der Waals surface area (Å²) in [7, 11) is 1.65. The molecule has 27 heavy (non-hydrogen) atoms. The fourth-order valence-corrected chi connectivity index (χ4v) is 2.26. The molecule has 1 amide bonds. The van der Waals surface area contributed by atoms with Crippen LogP contribution in [-0.4, -0.2) is 30.4 Å². The van der Waals surface area contributed by atoms with Crippen LogP contribution < -0.4 is 16.0 Å². The van der Waals surface area contributed by atoms with Gasteiger partial charge in [0, 0.05) is 32.8 Å². The Bertz CT molecular complexity index is 780. The predicted molar refractivity (Wildman–Crippen MR) is 117 cm³/mol. The third-order valence-corrected chi connectivity index (χ3v) is 3.73. The Morgan fingerprint density at radius 2 is 1.96 bits per heavy atom. The van der Waals surface area contributed by atoms with E-state index < -0.39 is 0 Å². The van der Waals surface area contributed by atoms with Crippen molar-refractivity contribution >= 4 is 41.7 Å². The first-order chi connectivity index (χ1) is 12.5. The maximum Gasteiger partial charge on any atom is 0.227 e. The highest BCUT2D eigenvalue weighted by molar-refractivity contribution is 14.0. The zero-order valence-electron chi connectivity index (χ0n) is 15.7. The zero-order valence-corrected chi connectivity index (χ0v) is 18.0. The predicted octanol–water partition coefficient (Wildman–Crippen LogP) is 3.15. The SMILES string of the molecule is CN=C(NCCC(=O)Nc1ccc(C)cn1)NCc1ccc(F)c(C)c1.I. The Kier molecular flexibility index (Phi) is 9.70. The molecule has 0 bridgehead atoms. The summed E-state index contributed by atoms with van der Waals surface area (Å²) in [4.78, 5) is 20.2. The quantitative estimate of drug-likeness (QED) is 0.334. The van der Waals surface area contributed by atoms with E-state index in [4.69, 9.17) is 0 Å². The molecular formula is C19H25FIN5O. The number of aliphatic imine (C=N–C) groups is 1. The monoisotopic (exact) mass is 485 g/mol. The molecule has 0 aliphatic rings. The molecule has 0 unspecified atom stereocenters. The average molecular weight is 485 g/mol. The normalized spacial score (nSPS) is 10.7. The van der Waals surface area contributed by atoms with Crippen LogP contribution in [0.2, 0.25) is 0 Å². The van der Waals surface area contributed by atoms with Crippen LogP contribution in [0, 0.1) is 19.7 Å². The topological polar surface area (TPSA) is 78.4 Å². The molecule has 0 fully saturated rings. The summed E-state index contributed by atoms with van der Waals surface area (Å²) in [5, 5.41) is 8.95. The van der Waals surface area contributed by atoms with Gasteiger partial charge in [0.25, 0.3) is 0 Å². The Balaban J connectivity index is 0.00000364. The lowest BCUT2D eigenvalue weighted by molar-refractivity contribution is -0.116. The van der Waals surface area contributed by atoms with E-state index in [9.17, 15) is 9.18 Å². The highest BCUT2D eigenvalue weighted by Gasteiger charge is 2.05. The Labute approximate surface area is 176 Å². The number of nitrogens with zero attached hydrogens (tertiary/aromatic N) is 2. The van der Waals surface area contributed by atoms with Gasteiger partial charge in [-0.1, -0.05) is 18.2 Å². The summed E-state index contributed by atoms with van der Waals surface area (Å²) in [6.45, 7) is 4.61. The number of amides is 1. The second-order valence-electron chi connectivity index (χ2n) is 5.96. The Morgan fingerprint density at radius 3 is 2.59 bits per heavy atom. The fraction of sp³-hybridized carbons (Fsp3) is 0.316. The maximum absolute atomic E-state index is 13.3. The van der Waals surface area contributed by atoms with Crippen LogP contribution >= 0.6 is 24.0 Å². The molecule has 0 saturated carbocycles. The number of guanidine groups is 1. The summed E-state index contributed by atoms with van der Waals surface area (Å²) < 4.78 is 13.3. The molecule has 0 aliphatic heterocycles. The van der Waals surface area contributed by atoms with Crippen LogP contribution in [0.4, 0.5) is 10.2 Å². The highest BCUT2D eigenvalue weighted by atomic mass is 127. The number of aryl methyl sites for hydroxylation is 2. The average Bonchev–Trinajstić information content (AvgIpc) is 2.62. The molecule has 146 valence electrons. The molecule has 0 radical (unpaired) electrons. The second kappa shape index (κ2) is 11.5. The van der Waals surface area contributed by atoms with E-state index in [1.807, 2.05) is 13.0 Å². The van der Waals surface area contributed by atoms with Crippen LogP contribution in [0.25, 0.3) is 0 Å². The molecule has 1 aromatic carbocycles. The molecule has 2 aromatic rings. The maximum atomic E-state index is 13.3. The number of pyridine rings is 1. The van der Waals surface area contributed by atoms with Gasteiger partial charge in [-0.05, 0) is 42.7 Å². The van der Waals surface area contributed by atoms with Crippen LogP contribution in [0.5, 0.6) is 0 Å². The molecule has 1 aromatic heterocycles. The summed E-state index contributed by atoms with van der Waals surface area (Å²) in [5.41, 5.74) is 2.60. The van der Waals surface area contributed by atoms with Crippen LogP contribution in [0.3, 0.4) is 0 Å². The van der Waals surface area contributed by atoms with E-state index in [0.717, 1.165) is 11.1 Å². The number of halogens is 2. The molecule has 6 nitrogen and oxygen atoms in total. The highest BCUT2D eigenvalue weighted by Crippen LogP contribution is 2.08. The van der Waals surface area contributed by atoms with Gasteiger partial charge < -0.3 is 16.0 Å². The minimum atomic E-state index is -0.217. The molecule has 8 heteroatoms. The first kappa shape index (κ1) is 22.8. The van der Waals surface area contributed by atoms with Crippen molar-refractivity contribution in [2.45, 2.75) is 26.8 Å². The van der Waals surface area contributed by atoms with E-state index in [0.29, 0.717) is 30.4 Å². The minimum absolute atomic E-state index is 0. The van der Waals surface area contributed by atoms with Crippen LogP contribution in [0.1, 0.15) is 23.1 Å². The molecule has 0 aliphatic carbocycles. The lowest BCUT2D eigenvalue weighted by Gasteiger charge is -2.12. The van der Waals surface area contributed by atoms with Crippen LogP contribution in [-0.2, 0) is 11.3 Å². The standard InChI is InChI=1S/C19H24FN5O.HI/c1-13-4-7-17(23-11-13)25-18(26)8-9-22-19(21-3)24-12-15-5-6-16(20)14(2)10-15;/h4-7,10-11H,8-9,12H2,1-3H3,(H2,21,22,24)(H,23,25,26);1H. The van der Waals surface area contributed by atoms with Crippen molar-refractivity contribution in [2.75, 3.05) is 18.9 Å². The van der Waals surface area contributed by atoms with Gasteiger partial charge in [-0.2, -0.15) is 0 Å². The van der Waals surface area contributed by atoms with E-state index in [1.54, 1.807) is 38.4 Å². The number of carbonyl (C=O) groups is 1. The van der Waals surface area contributed by atoms with E-state index in [-0.39, 0.29) is 42.1 Å². The van der Waals surface area contributed by atoms with Crippen molar-refractivity contribution in [1.29, 1.82) is 0 Å². The summed E-state index contributed by atoms with van der Waals surface area (Å²) in [6, 6.07) is 8.63. The first-order valence-electron chi connectivity index (χ1n) is 8.40. The third kappa shape index (κ3) is 7.90. The molecule has 1 heterocycles. The number of anilines is 1. The van der Waals surface area contributed by atoms with E-state index in [2.05, 4.69) is 25.9 Å². The van der Waals surface area contributed by atoms with Gasteiger partial charge in [-0.15, -0.1) is 24.0 Å². The van der Waals surface area contributed by atoms with Crippen molar-refractivity contribution in [3.05, 3.63) is 59.0 Å². The van der Waals surface area contributed by atoms with Crippen molar-refractivity contribution in [3.8, 4) is 0 Å². The number of hydrogen-bond acceptors (Lipinski definition) is 3. The van der Waals surface area contributed by atoms with Gasteiger partial charge in [-0.25, -0.2) is 9.37 Å². The van der Waals surface area contributed by atoms with E-state index >= 15 is 0 Å². The lowest BCUT2D eigenvalue weighted by atomic mass is 10.1. The smallest absolute Gasteiger partial charge is 0.227 e. The van der Waals surface area contributed by atoms with Gasteiger partial charge in [0.05, 0.1) is 0 Å². The lowest BCUT2D eigenvalue weighted by Crippen LogP contribution is -2.38. The first-order valence-corrected chi connectivity index (χ1v) is 8.40. The van der Waals surface area contributed by atoms with Crippen molar-refractivity contribution < 1.29 is 9.18 Å². The molecule has 0 saturated heterocycles. The van der Waals surface area contributed by atoms with Crippen LogP contribution in [0.15, 0.2) is 41.5 Å². The molecule has 0 atom stereocenters. The zero-order chi connectivity index (χ0) is 18.9. The van der Waals surface area contributed by atoms with Gasteiger partial charge in [0.2, 0.25) is 5.91 Å². The number of aromatic nitrogens is 1. The third-order valence-electron chi connectivity index (χ3n) is 3.73. The second-order valence-corrected chi connectivity index (χ2v) is 5.96. The molecule has 0 spiro atoms. The number of nitrogens with one attached hydrogen (secondary N) is 3. The Morgan fingerprint density at radius 1 is 1.19 bits per heavy atom. The van der Waals surface area contributed by atoms with Gasteiger partial charge in [0.1, 0.15) is 11.6 Å². The molecule has 2 rings (SSSR count). The number of hydrogen-bond donors (Lipinski definition) is 3. The Hall–Kier alpha value is -2.23. The molecular weight excluding hydrogens is 460 g/mol. The number of carbonyl (C=O) groups excluding carboxylic acids is 1. The van der Waals surface area contributed by atoms with Gasteiger partial charge in [0.15, 0.2) is 5.96 Å². The number of rotatable bonds is 6. The summed E-state index contributed by atoms with van der Waals surface area (Å²) >= 11 is 0. The fourth-order valence-electron chi connectivity index (χ4n) is 2.26. The largest absolute Gasteiger partial charge is 0.356 e. The summed E-state index contributed by atoms with van der Waals surface area (Å²) in [5.74, 6) is 0.770. The van der Waals surface area contributed by atoms with E-state index in [1.165, 1.54) is 6.07 Å². The number of benzene rings is 1.